The van der Waals surface area contributed by atoms with Gasteiger partial charge < -0.3 is 15.1 Å². The number of amides is 2. The summed E-state index contributed by atoms with van der Waals surface area (Å²) in [6.45, 7) is 1.53. The van der Waals surface area contributed by atoms with Crippen molar-refractivity contribution < 1.29 is 18.4 Å². The fraction of sp³-hybridized carbons (Fsp3) is 0.308. The van der Waals surface area contributed by atoms with Gasteiger partial charge in [0.1, 0.15) is 11.6 Å². The molecule has 8 nitrogen and oxygen atoms in total. The maximum atomic E-state index is 13.8. The van der Waals surface area contributed by atoms with Crippen LogP contribution in [0.2, 0.25) is 0 Å². The fourth-order valence-electron chi connectivity index (χ4n) is 4.55. The minimum Gasteiger partial charge on any atom is -0.464 e. The first-order valence-corrected chi connectivity index (χ1v) is 12.7. The molecule has 1 aromatic carbocycles. The van der Waals surface area contributed by atoms with Gasteiger partial charge >= 0.3 is 0 Å². The van der Waals surface area contributed by atoms with Gasteiger partial charge in [-0.25, -0.2) is 14.4 Å². The van der Waals surface area contributed by atoms with Crippen molar-refractivity contribution in [2.75, 3.05) is 11.9 Å². The molecule has 1 aliphatic carbocycles. The van der Waals surface area contributed by atoms with E-state index in [9.17, 15) is 14.0 Å². The minimum absolute atomic E-state index is 0.275. The van der Waals surface area contributed by atoms with Gasteiger partial charge in [0, 0.05) is 24.3 Å². The number of aromatic nitrogens is 2. The number of benzene rings is 1. The van der Waals surface area contributed by atoms with Gasteiger partial charge in [0.2, 0.25) is 5.95 Å². The number of rotatable bonds is 8. The monoisotopic (exact) mass is 507 g/mol. The predicted octanol–water partition coefficient (Wildman–Crippen LogP) is 4.96. The minimum atomic E-state index is -0.401. The normalized spacial score (nSPS) is 21.1. The van der Waals surface area contributed by atoms with Gasteiger partial charge in [0.05, 0.1) is 16.9 Å². The molecule has 186 valence electrons. The number of nitrogens with one attached hydrogen (secondary N) is 3. The molecule has 0 unspecified atom stereocenters. The summed E-state index contributed by atoms with van der Waals surface area (Å²) in [5, 5.41) is 8.80. The highest BCUT2D eigenvalue weighted by molar-refractivity contribution is 8.18. The molecule has 3 aromatic rings. The number of carbonyl (C=O) groups is 2. The van der Waals surface area contributed by atoms with Crippen molar-refractivity contribution >= 4 is 34.9 Å². The summed E-state index contributed by atoms with van der Waals surface area (Å²) in [6.07, 6.45) is 8.98. The molecule has 1 aliphatic heterocycles. The largest absolute Gasteiger partial charge is 0.464 e. The van der Waals surface area contributed by atoms with Gasteiger partial charge in [-0.1, -0.05) is 6.07 Å². The number of halogens is 1. The predicted molar refractivity (Wildman–Crippen MR) is 136 cm³/mol. The van der Waals surface area contributed by atoms with Crippen LogP contribution in [0.15, 0.2) is 58.2 Å². The van der Waals surface area contributed by atoms with Crippen molar-refractivity contribution in [3.05, 3.63) is 70.8 Å². The average Bonchev–Trinajstić information content (AvgIpc) is 3.51. The first kappa shape index (κ1) is 24.2. The zero-order valence-corrected chi connectivity index (χ0v) is 20.3. The molecule has 2 aliphatic rings. The topological polar surface area (TPSA) is 109 Å². The Kier molecular flexibility index (Phi) is 7.43. The lowest BCUT2D eigenvalue weighted by Gasteiger charge is -2.29. The van der Waals surface area contributed by atoms with E-state index in [1.54, 1.807) is 36.7 Å². The van der Waals surface area contributed by atoms with Crippen molar-refractivity contribution in [3.63, 3.8) is 0 Å². The number of thioether (sulfide) groups is 1. The van der Waals surface area contributed by atoms with E-state index in [-0.39, 0.29) is 17.1 Å². The molecule has 3 heterocycles. The van der Waals surface area contributed by atoms with Crippen molar-refractivity contribution in [3.8, 4) is 11.3 Å². The van der Waals surface area contributed by atoms with Crippen LogP contribution in [-0.4, -0.2) is 33.7 Å². The van der Waals surface area contributed by atoms with E-state index in [1.165, 1.54) is 12.1 Å². The molecule has 0 spiro atoms. The third-order valence-corrected chi connectivity index (χ3v) is 7.20. The van der Waals surface area contributed by atoms with Crippen LogP contribution in [0.1, 0.15) is 36.9 Å². The Morgan fingerprint density at radius 1 is 1.17 bits per heavy atom. The molecule has 0 bridgehead atoms. The Balaban J connectivity index is 1.10. The van der Waals surface area contributed by atoms with E-state index in [4.69, 9.17) is 4.42 Å². The van der Waals surface area contributed by atoms with Crippen LogP contribution in [0.5, 0.6) is 0 Å². The van der Waals surface area contributed by atoms with Crippen LogP contribution in [-0.2, 0) is 11.3 Å². The van der Waals surface area contributed by atoms with E-state index in [1.807, 2.05) is 6.07 Å². The Labute approximate surface area is 212 Å². The molecule has 2 fully saturated rings. The van der Waals surface area contributed by atoms with Gasteiger partial charge in [-0.15, -0.1) is 0 Å². The summed E-state index contributed by atoms with van der Waals surface area (Å²) >= 11 is 0.869. The van der Waals surface area contributed by atoms with Gasteiger partial charge in [0.15, 0.2) is 0 Å². The van der Waals surface area contributed by atoms with Crippen LogP contribution in [0.25, 0.3) is 17.4 Å². The van der Waals surface area contributed by atoms with Crippen LogP contribution < -0.4 is 16.0 Å². The molecule has 0 radical (unpaired) electrons. The maximum Gasteiger partial charge on any atom is 0.290 e. The van der Waals surface area contributed by atoms with E-state index in [0.29, 0.717) is 34.8 Å². The highest BCUT2D eigenvalue weighted by Gasteiger charge is 2.25. The van der Waals surface area contributed by atoms with Crippen molar-refractivity contribution in [1.29, 1.82) is 0 Å². The van der Waals surface area contributed by atoms with Gasteiger partial charge in [-0.3, -0.25) is 14.9 Å². The second-order valence-electron chi connectivity index (χ2n) is 8.93. The van der Waals surface area contributed by atoms with Crippen molar-refractivity contribution in [1.82, 2.24) is 20.6 Å². The molecule has 3 N–H and O–H groups in total. The Morgan fingerprint density at radius 2 is 2.03 bits per heavy atom. The molecule has 2 amide bonds. The summed E-state index contributed by atoms with van der Waals surface area (Å²) in [6, 6.07) is 10.4. The number of carbonyl (C=O) groups excluding carboxylic acids is 2. The number of anilines is 1. The van der Waals surface area contributed by atoms with E-state index in [0.717, 1.165) is 55.1 Å². The molecule has 10 heteroatoms. The highest BCUT2D eigenvalue weighted by Crippen LogP contribution is 2.28. The van der Waals surface area contributed by atoms with E-state index >= 15 is 0 Å². The second kappa shape index (κ2) is 11.0. The van der Waals surface area contributed by atoms with E-state index in [2.05, 4.69) is 25.9 Å². The third kappa shape index (κ3) is 6.00. The van der Waals surface area contributed by atoms with Crippen molar-refractivity contribution in [2.45, 2.75) is 38.3 Å². The SMILES string of the molecule is O=C1NC(=O)C(=Cc2ccnc(N[C@H]3CC[C@H](CNCc4ccc(F)cc4-c4ccco4)CC3)n2)S1. The molecule has 1 saturated heterocycles. The molecule has 0 atom stereocenters. The Morgan fingerprint density at radius 3 is 2.78 bits per heavy atom. The zero-order valence-electron chi connectivity index (χ0n) is 19.5. The van der Waals surface area contributed by atoms with Crippen LogP contribution in [0, 0.1) is 11.7 Å². The number of hydrogen-bond donors (Lipinski definition) is 3. The summed E-state index contributed by atoms with van der Waals surface area (Å²) in [4.78, 5) is 32.2. The summed E-state index contributed by atoms with van der Waals surface area (Å²) in [7, 11) is 0. The number of hydrogen-bond acceptors (Lipinski definition) is 8. The number of furan rings is 1. The molecule has 1 saturated carbocycles. The van der Waals surface area contributed by atoms with Crippen LogP contribution in [0.3, 0.4) is 0 Å². The van der Waals surface area contributed by atoms with Gasteiger partial charge in [-0.2, -0.15) is 0 Å². The lowest BCUT2D eigenvalue weighted by Crippen LogP contribution is -2.31. The first-order valence-electron chi connectivity index (χ1n) is 11.9. The lowest BCUT2D eigenvalue weighted by atomic mass is 9.86. The molecule has 2 aromatic heterocycles. The molecule has 5 rings (SSSR count). The average molecular weight is 508 g/mol. The molecular formula is C26H26FN5O3S. The first-order chi connectivity index (χ1) is 17.5. The van der Waals surface area contributed by atoms with E-state index < -0.39 is 5.91 Å². The van der Waals surface area contributed by atoms with Crippen molar-refractivity contribution in [2.24, 2.45) is 5.92 Å². The number of imide groups is 1. The Bertz CT molecular complexity index is 1270. The summed E-state index contributed by atoms with van der Waals surface area (Å²) < 4.78 is 19.3. The fourth-order valence-corrected chi connectivity index (χ4v) is 5.21. The highest BCUT2D eigenvalue weighted by atomic mass is 32.2. The molecular weight excluding hydrogens is 481 g/mol. The second-order valence-corrected chi connectivity index (χ2v) is 9.94. The smallest absolute Gasteiger partial charge is 0.290 e. The van der Waals surface area contributed by atoms with Crippen LogP contribution in [0.4, 0.5) is 15.1 Å². The quantitative estimate of drug-likeness (QED) is 0.367. The lowest BCUT2D eigenvalue weighted by molar-refractivity contribution is -0.115. The third-order valence-electron chi connectivity index (χ3n) is 6.39. The summed E-state index contributed by atoms with van der Waals surface area (Å²) in [5.41, 5.74) is 2.36. The standard InChI is InChI=1S/C26H26FN5O3S/c27-18-6-5-17(21(12-18)22-2-1-11-35-22)15-28-14-16-3-7-19(8-4-16)30-25-29-10-9-20(31-25)13-23-24(33)32-26(34)36-23/h1-2,5-6,9-13,16,19,28H,3-4,7-8,14-15H2,(H,29,30,31)(H,32,33,34)/t16-,19-. The zero-order chi connectivity index (χ0) is 24.9. The Hall–Kier alpha value is -3.50. The van der Waals surface area contributed by atoms with Gasteiger partial charge in [-0.05, 0) is 91.9 Å². The number of nitrogens with zero attached hydrogens (tertiary/aromatic N) is 2. The summed E-state index contributed by atoms with van der Waals surface area (Å²) in [5.74, 6) is 1.06. The molecule has 36 heavy (non-hydrogen) atoms. The van der Waals surface area contributed by atoms with Crippen LogP contribution >= 0.6 is 11.8 Å². The van der Waals surface area contributed by atoms with Gasteiger partial charge in [0.25, 0.3) is 11.1 Å². The maximum absolute atomic E-state index is 13.8.